The first kappa shape index (κ1) is 12.4. The maximum atomic E-state index is 3.76. The lowest BCUT2D eigenvalue weighted by Gasteiger charge is -2.38. The Hall–Kier alpha value is -0.0800. The number of likely N-dealkylation sites (tertiary alicyclic amines) is 1. The van der Waals surface area contributed by atoms with E-state index in [0.29, 0.717) is 5.41 Å². The molecule has 1 aliphatic heterocycles. The summed E-state index contributed by atoms with van der Waals surface area (Å²) in [6, 6.07) is 1.66. The molecule has 2 rings (SSSR count). The van der Waals surface area contributed by atoms with Crippen LogP contribution in [0, 0.1) is 11.3 Å². The van der Waals surface area contributed by atoms with Gasteiger partial charge in [-0.25, -0.2) is 0 Å². The van der Waals surface area contributed by atoms with Gasteiger partial charge in [0.2, 0.25) is 0 Å². The van der Waals surface area contributed by atoms with Gasteiger partial charge in [-0.1, -0.05) is 27.7 Å². The Morgan fingerprint density at radius 1 is 1.19 bits per heavy atom. The van der Waals surface area contributed by atoms with Crippen molar-refractivity contribution in [2.75, 3.05) is 19.6 Å². The van der Waals surface area contributed by atoms with Crippen molar-refractivity contribution in [3.8, 4) is 0 Å². The van der Waals surface area contributed by atoms with Gasteiger partial charge in [0.15, 0.2) is 0 Å². The van der Waals surface area contributed by atoms with E-state index in [1.165, 1.54) is 32.4 Å². The van der Waals surface area contributed by atoms with Crippen LogP contribution in [0.2, 0.25) is 0 Å². The molecule has 2 aliphatic rings. The molecule has 0 aromatic rings. The molecule has 1 saturated carbocycles. The molecule has 2 unspecified atom stereocenters. The predicted molar refractivity (Wildman–Crippen MR) is 69.6 cm³/mol. The molecule has 1 heterocycles. The highest BCUT2D eigenvalue weighted by Crippen LogP contribution is 2.31. The molecular formula is C14H28N2. The van der Waals surface area contributed by atoms with E-state index in [0.717, 1.165) is 24.5 Å². The normalized spacial score (nSPS) is 33.0. The average Bonchev–Trinajstić information content (AvgIpc) is 2.95. The molecule has 2 fully saturated rings. The summed E-state index contributed by atoms with van der Waals surface area (Å²) in [5, 5.41) is 3.76. The van der Waals surface area contributed by atoms with Crippen LogP contribution in [0.4, 0.5) is 0 Å². The van der Waals surface area contributed by atoms with Crippen molar-refractivity contribution in [3.05, 3.63) is 0 Å². The zero-order valence-electron chi connectivity index (χ0n) is 11.4. The van der Waals surface area contributed by atoms with Gasteiger partial charge in [0.05, 0.1) is 0 Å². The van der Waals surface area contributed by atoms with Crippen LogP contribution >= 0.6 is 0 Å². The van der Waals surface area contributed by atoms with Crippen molar-refractivity contribution in [1.82, 2.24) is 10.2 Å². The number of nitrogens with one attached hydrogen (secondary N) is 1. The van der Waals surface area contributed by atoms with E-state index >= 15 is 0 Å². The fourth-order valence-corrected chi connectivity index (χ4v) is 2.73. The largest absolute Gasteiger partial charge is 0.312 e. The maximum Gasteiger partial charge on any atom is 0.0198 e. The fraction of sp³-hybridized carbons (Fsp3) is 1.00. The van der Waals surface area contributed by atoms with Crippen LogP contribution < -0.4 is 5.32 Å². The van der Waals surface area contributed by atoms with Gasteiger partial charge >= 0.3 is 0 Å². The molecule has 0 bridgehead atoms. The van der Waals surface area contributed by atoms with E-state index in [2.05, 4.69) is 37.9 Å². The lowest BCUT2D eigenvalue weighted by molar-refractivity contribution is 0.136. The molecular weight excluding hydrogens is 196 g/mol. The van der Waals surface area contributed by atoms with Crippen LogP contribution in [0.3, 0.4) is 0 Å². The van der Waals surface area contributed by atoms with Crippen LogP contribution in [0.15, 0.2) is 0 Å². The number of hydrogen-bond acceptors (Lipinski definition) is 2. The molecule has 0 spiro atoms. The lowest BCUT2D eigenvalue weighted by Crippen LogP contribution is -2.50. The van der Waals surface area contributed by atoms with E-state index in [9.17, 15) is 0 Å². The third kappa shape index (κ3) is 3.74. The SMILES string of the molecule is CC1CC(NCC(C)(C)C)CN(C2CC2)C1. The molecule has 2 atom stereocenters. The van der Waals surface area contributed by atoms with E-state index < -0.39 is 0 Å². The Labute approximate surface area is 101 Å². The van der Waals surface area contributed by atoms with Gasteiger partial charge in [0.1, 0.15) is 0 Å². The van der Waals surface area contributed by atoms with Gasteiger partial charge in [-0.2, -0.15) is 0 Å². The minimum Gasteiger partial charge on any atom is -0.312 e. The van der Waals surface area contributed by atoms with Crippen LogP contribution in [0.5, 0.6) is 0 Å². The van der Waals surface area contributed by atoms with Crippen LogP contribution in [0.25, 0.3) is 0 Å². The second-order valence-electron chi connectivity index (χ2n) is 7.16. The lowest BCUT2D eigenvalue weighted by atomic mass is 9.92. The van der Waals surface area contributed by atoms with Gasteiger partial charge in [-0.05, 0) is 30.6 Å². The first-order valence-electron chi connectivity index (χ1n) is 6.91. The Kier molecular flexibility index (Phi) is 3.60. The molecule has 16 heavy (non-hydrogen) atoms. The van der Waals surface area contributed by atoms with E-state index in [-0.39, 0.29) is 0 Å². The quantitative estimate of drug-likeness (QED) is 0.792. The third-order valence-electron chi connectivity index (χ3n) is 3.67. The summed E-state index contributed by atoms with van der Waals surface area (Å²) < 4.78 is 0. The van der Waals surface area contributed by atoms with Crippen molar-refractivity contribution in [2.45, 2.75) is 59.0 Å². The second-order valence-corrected chi connectivity index (χ2v) is 7.16. The number of piperidine rings is 1. The summed E-state index contributed by atoms with van der Waals surface area (Å²) in [5.74, 6) is 0.867. The molecule has 94 valence electrons. The molecule has 2 nitrogen and oxygen atoms in total. The van der Waals surface area contributed by atoms with Gasteiger partial charge in [-0.3, -0.25) is 4.90 Å². The fourth-order valence-electron chi connectivity index (χ4n) is 2.73. The van der Waals surface area contributed by atoms with Crippen LogP contribution in [0.1, 0.15) is 47.0 Å². The van der Waals surface area contributed by atoms with Crippen molar-refractivity contribution >= 4 is 0 Å². The topological polar surface area (TPSA) is 15.3 Å². The minimum absolute atomic E-state index is 0.408. The molecule has 0 radical (unpaired) electrons. The smallest absolute Gasteiger partial charge is 0.0198 e. The van der Waals surface area contributed by atoms with E-state index in [1.54, 1.807) is 0 Å². The maximum absolute atomic E-state index is 3.76. The summed E-state index contributed by atoms with van der Waals surface area (Å²) in [4.78, 5) is 2.72. The van der Waals surface area contributed by atoms with Crippen molar-refractivity contribution in [1.29, 1.82) is 0 Å². The van der Waals surface area contributed by atoms with Crippen molar-refractivity contribution < 1.29 is 0 Å². The van der Waals surface area contributed by atoms with Crippen LogP contribution in [-0.2, 0) is 0 Å². The number of nitrogens with zero attached hydrogens (tertiary/aromatic N) is 1. The monoisotopic (exact) mass is 224 g/mol. The highest BCUT2D eigenvalue weighted by atomic mass is 15.2. The molecule has 1 N–H and O–H groups in total. The molecule has 0 aromatic heterocycles. The molecule has 0 amide bonds. The van der Waals surface area contributed by atoms with Crippen molar-refractivity contribution in [2.24, 2.45) is 11.3 Å². The first-order valence-corrected chi connectivity index (χ1v) is 6.91. The Morgan fingerprint density at radius 3 is 2.44 bits per heavy atom. The summed E-state index contributed by atoms with van der Waals surface area (Å²) >= 11 is 0. The number of hydrogen-bond donors (Lipinski definition) is 1. The predicted octanol–water partition coefficient (Wildman–Crippen LogP) is 2.49. The minimum atomic E-state index is 0.408. The van der Waals surface area contributed by atoms with Gasteiger partial charge in [-0.15, -0.1) is 0 Å². The zero-order valence-corrected chi connectivity index (χ0v) is 11.4. The first-order chi connectivity index (χ1) is 7.44. The van der Waals surface area contributed by atoms with E-state index in [1.807, 2.05) is 0 Å². The second kappa shape index (κ2) is 4.66. The molecule has 2 heteroatoms. The summed E-state index contributed by atoms with van der Waals surface area (Å²) in [5.41, 5.74) is 0.408. The molecule has 0 aromatic carbocycles. The highest BCUT2D eigenvalue weighted by Gasteiger charge is 2.34. The third-order valence-corrected chi connectivity index (χ3v) is 3.67. The Bertz CT molecular complexity index is 227. The summed E-state index contributed by atoms with van der Waals surface area (Å²) in [7, 11) is 0. The van der Waals surface area contributed by atoms with Gasteiger partial charge in [0, 0.05) is 31.7 Å². The standard InChI is InChI=1S/C14H28N2/c1-11-7-12(15-10-14(2,3)4)9-16(8-11)13-5-6-13/h11-13,15H,5-10H2,1-4H3. The number of rotatable bonds is 3. The van der Waals surface area contributed by atoms with Crippen molar-refractivity contribution in [3.63, 3.8) is 0 Å². The average molecular weight is 224 g/mol. The molecule has 1 saturated heterocycles. The summed E-state index contributed by atoms with van der Waals surface area (Å²) in [6.07, 6.45) is 4.25. The van der Waals surface area contributed by atoms with E-state index in [4.69, 9.17) is 0 Å². The Balaban J connectivity index is 1.79. The van der Waals surface area contributed by atoms with Gasteiger partial charge in [0.25, 0.3) is 0 Å². The summed E-state index contributed by atoms with van der Waals surface area (Å²) in [6.45, 7) is 13.1. The highest BCUT2D eigenvalue weighted by molar-refractivity contribution is 4.91. The van der Waals surface area contributed by atoms with Crippen LogP contribution in [-0.4, -0.2) is 36.6 Å². The van der Waals surface area contributed by atoms with Gasteiger partial charge < -0.3 is 5.32 Å². The molecule has 1 aliphatic carbocycles. The Morgan fingerprint density at radius 2 is 1.88 bits per heavy atom. The zero-order chi connectivity index (χ0) is 11.8.